The summed E-state index contributed by atoms with van der Waals surface area (Å²) in [5, 5.41) is 6.93. The maximum Gasteiger partial charge on any atom is 0.175 e. The van der Waals surface area contributed by atoms with Crippen LogP contribution in [0.2, 0.25) is 0 Å². The predicted molar refractivity (Wildman–Crippen MR) is 68.6 cm³/mol. The molecule has 1 aliphatic rings. The zero-order chi connectivity index (χ0) is 12.5. The summed E-state index contributed by atoms with van der Waals surface area (Å²) in [7, 11) is 0. The molecule has 0 saturated carbocycles. The second-order valence-corrected chi connectivity index (χ2v) is 4.98. The maximum absolute atomic E-state index is 6.15. The van der Waals surface area contributed by atoms with Gasteiger partial charge in [0.15, 0.2) is 5.58 Å². The van der Waals surface area contributed by atoms with Crippen LogP contribution in [0.3, 0.4) is 0 Å². The van der Waals surface area contributed by atoms with E-state index in [2.05, 4.69) is 10.1 Å². The Morgan fingerprint density at radius 2 is 2.22 bits per heavy atom. The van der Waals surface area contributed by atoms with Crippen LogP contribution in [-0.2, 0) is 0 Å². The van der Waals surface area contributed by atoms with Crippen LogP contribution in [0.25, 0.3) is 11.0 Å². The van der Waals surface area contributed by atoms with E-state index in [1.807, 2.05) is 24.3 Å². The Morgan fingerprint density at radius 3 is 3.11 bits per heavy atom. The molecule has 5 heteroatoms. The number of hydrazine groups is 1. The van der Waals surface area contributed by atoms with Gasteiger partial charge in [-0.3, -0.25) is 10.8 Å². The van der Waals surface area contributed by atoms with E-state index in [9.17, 15) is 0 Å². The lowest BCUT2D eigenvalue weighted by molar-refractivity contribution is 0.206. The Balaban J connectivity index is 2.07. The summed E-state index contributed by atoms with van der Waals surface area (Å²) in [4.78, 5) is 4.30. The molecule has 3 rings (SSSR count). The number of hydrogen-bond acceptors (Lipinski definition) is 5. The first-order valence-electron chi connectivity index (χ1n) is 6.48. The Kier molecular flexibility index (Phi) is 3.01. The molecule has 0 amide bonds. The number of rotatable bonds is 1. The average Bonchev–Trinajstić information content (AvgIpc) is 2.63. The summed E-state index contributed by atoms with van der Waals surface area (Å²) in [5.74, 6) is 6.15. The Labute approximate surface area is 106 Å². The molecule has 1 aliphatic heterocycles. The topological polar surface area (TPSA) is 68.2 Å². The molecule has 2 aromatic heterocycles. The molecule has 5 nitrogen and oxygen atoms in total. The highest BCUT2D eigenvalue weighted by atomic mass is 16.5. The van der Waals surface area contributed by atoms with Crippen LogP contribution in [0.1, 0.15) is 43.0 Å². The van der Waals surface area contributed by atoms with Gasteiger partial charge in [-0.1, -0.05) is 18.0 Å². The van der Waals surface area contributed by atoms with E-state index in [-0.39, 0.29) is 6.04 Å². The lowest BCUT2D eigenvalue weighted by Gasteiger charge is -2.24. The molecule has 0 radical (unpaired) electrons. The number of fused-ring (bicyclic) bond motifs is 1. The highest BCUT2D eigenvalue weighted by Crippen LogP contribution is 2.32. The summed E-state index contributed by atoms with van der Waals surface area (Å²) in [6.07, 6.45) is 8.32. The molecule has 18 heavy (non-hydrogen) atoms. The molecule has 96 valence electrons. The smallest absolute Gasteiger partial charge is 0.175 e. The summed E-state index contributed by atoms with van der Waals surface area (Å²) in [6, 6.07) is 0.191. The van der Waals surface area contributed by atoms with Gasteiger partial charge in [0.2, 0.25) is 0 Å². The van der Waals surface area contributed by atoms with Crippen LogP contribution in [0.4, 0.5) is 0 Å². The molecular formula is C13H18N4O. The van der Waals surface area contributed by atoms with Gasteiger partial charge in [-0.25, -0.2) is 5.01 Å². The maximum atomic E-state index is 6.15. The lowest BCUT2D eigenvalue weighted by Crippen LogP contribution is -2.35. The van der Waals surface area contributed by atoms with Gasteiger partial charge in [-0.15, -0.1) is 0 Å². The third kappa shape index (κ3) is 1.89. The molecule has 0 bridgehead atoms. The van der Waals surface area contributed by atoms with Crippen molar-refractivity contribution in [3.8, 4) is 0 Å². The Bertz CT molecular complexity index is 551. The van der Waals surface area contributed by atoms with Crippen LogP contribution in [0.15, 0.2) is 16.9 Å². The van der Waals surface area contributed by atoms with Crippen molar-refractivity contribution in [2.75, 3.05) is 6.54 Å². The van der Waals surface area contributed by atoms with Crippen molar-refractivity contribution in [2.45, 2.75) is 38.6 Å². The lowest BCUT2D eigenvalue weighted by atomic mass is 10.0. The predicted octanol–water partition coefficient (Wildman–Crippen LogP) is 2.32. The van der Waals surface area contributed by atoms with E-state index in [0.29, 0.717) is 0 Å². The Hall–Kier alpha value is -1.46. The van der Waals surface area contributed by atoms with Gasteiger partial charge in [0.1, 0.15) is 0 Å². The summed E-state index contributed by atoms with van der Waals surface area (Å²) in [6.45, 7) is 2.86. The van der Waals surface area contributed by atoms with E-state index in [0.717, 1.165) is 41.6 Å². The molecular weight excluding hydrogens is 228 g/mol. The summed E-state index contributed by atoms with van der Waals surface area (Å²) in [5.41, 5.74) is 2.79. The van der Waals surface area contributed by atoms with Gasteiger partial charge < -0.3 is 4.52 Å². The molecule has 2 aromatic rings. The molecule has 1 fully saturated rings. The molecule has 2 N–H and O–H groups in total. The third-order valence-electron chi connectivity index (χ3n) is 3.74. The van der Waals surface area contributed by atoms with Crippen LogP contribution in [0, 0.1) is 6.92 Å². The zero-order valence-corrected chi connectivity index (χ0v) is 10.6. The van der Waals surface area contributed by atoms with E-state index < -0.39 is 0 Å². The van der Waals surface area contributed by atoms with E-state index in [4.69, 9.17) is 10.4 Å². The van der Waals surface area contributed by atoms with Crippen molar-refractivity contribution in [1.29, 1.82) is 0 Å². The first-order valence-corrected chi connectivity index (χ1v) is 6.48. The fourth-order valence-electron chi connectivity index (χ4n) is 2.69. The van der Waals surface area contributed by atoms with Crippen LogP contribution >= 0.6 is 0 Å². The molecule has 1 unspecified atom stereocenters. The number of aryl methyl sites for hydroxylation is 1. The van der Waals surface area contributed by atoms with Gasteiger partial charge in [0, 0.05) is 24.5 Å². The first kappa shape index (κ1) is 11.6. The zero-order valence-electron chi connectivity index (χ0n) is 10.6. The normalized spacial score (nSPS) is 22.2. The monoisotopic (exact) mass is 246 g/mol. The second kappa shape index (κ2) is 4.66. The Morgan fingerprint density at radius 1 is 1.33 bits per heavy atom. The van der Waals surface area contributed by atoms with Crippen molar-refractivity contribution in [1.82, 2.24) is 15.1 Å². The average molecular weight is 246 g/mol. The van der Waals surface area contributed by atoms with Crippen molar-refractivity contribution < 1.29 is 4.52 Å². The van der Waals surface area contributed by atoms with E-state index >= 15 is 0 Å². The van der Waals surface area contributed by atoms with E-state index in [1.165, 1.54) is 12.8 Å². The fraction of sp³-hybridized carbons (Fsp3) is 0.538. The number of aromatic nitrogens is 2. The van der Waals surface area contributed by atoms with E-state index in [1.54, 1.807) is 0 Å². The van der Waals surface area contributed by atoms with Gasteiger partial charge >= 0.3 is 0 Å². The number of nitrogens with zero attached hydrogens (tertiary/aromatic N) is 3. The van der Waals surface area contributed by atoms with Gasteiger partial charge in [-0.05, 0) is 19.8 Å². The second-order valence-electron chi connectivity index (χ2n) is 4.98. The molecule has 0 spiro atoms. The molecule has 0 aromatic carbocycles. The highest BCUT2D eigenvalue weighted by Gasteiger charge is 2.24. The standard InChI is InChI=1S/C13H18N4O/c1-9-10-7-15-8-11(13(10)18-16-9)12-5-3-2-4-6-17(12)14/h7-8,12H,2-6,14H2,1H3. The quantitative estimate of drug-likeness (QED) is 0.782. The summed E-state index contributed by atoms with van der Waals surface area (Å²) >= 11 is 0. The minimum atomic E-state index is 0.191. The highest BCUT2D eigenvalue weighted by molar-refractivity contribution is 5.81. The largest absolute Gasteiger partial charge is 0.356 e. The summed E-state index contributed by atoms with van der Waals surface area (Å²) < 4.78 is 5.45. The third-order valence-corrected chi connectivity index (χ3v) is 3.74. The van der Waals surface area contributed by atoms with Crippen molar-refractivity contribution in [2.24, 2.45) is 5.84 Å². The molecule has 1 saturated heterocycles. The van der Waals surface area contributed by atoms with Gasteiger partial charge in [0.25, 0.3) is 0 Å². The minimum Gasteiger partial charge on any atom is -0.356 e. The minimum absolute atomic E-state index is 0.191. The van der Waals surface area contributed by atoms with Gasteiger partial charge in [0.05, 0.1) is 17.1 Å². The fourth-order valence-corrected chi connectivity index (χ4v) is 2.69. The van der Waals surface area contributed by atoms with Crippen LogP contribution in [-0.4, -0.2) is 21.7 Å². The van der Waals surface area contributed by atoms with Gasteiger partial charge in [-0.2, -0.15) is 0 Å². The van der Waals surface area contributed by atoms with Crippen LogP contribution < -0.4 is 5.84 Å². The number of hydrogen-bond donors (Lipinski definition) is 1. The molecule has 1 atom stereocenters. The number of pyridine rings is 1. The molecule has 0 aliphatic carbocycles. The van der Waals surface area contributed by atoms with Crippen molar-refractivity contribution in [3.05, 3.63) is 23.7 Å². The van der Waals surface area contributed by atoms with Crippen molar-refractivity contribution >= 4 is 11.0 Å². The van der Waals surface area contributed by atoms with Crippen LogP contribution in [0.5, 0.6) is 0 Å². The van der Waals surface area contributed by atoms with Crippen molar-refractivity contribution in [3.63, 3.8) is 0 Å². The first-order chi connectivity index (χ1) is 8.77. The number of nitrogens with two attached hydrogens (primary N) is 1. The SMILES string of the molecule is Cc1noc2c(C3CCCCCN3N)cncc12. The molecule has 3 heterocycles.